The summed E-state index contributed by atoms with van der Waals surface area (Å²) in [5.41, 5.74) is 0.977. The first-order chi connectivity index (χ1) is 8.72. The zero-order valence-electron chi connectivity index (χ0n) is 10.2. The molecule has 0 radical (unpaired) electrons. The Morgan fingerprint density at radius 1 is 0.833 bits per heavy atom. The molecule has 1 heteroatoms. The van der Waals surface area contributed by atoms with Crippen molar-refractivity contribution in [3.63, 3.8) is 0 Å². The van der Waals surface area contributed by atoms with Crippen molar-refractivity contribution in [2.75, 3.05) is 0 Å². The zero-order valence-corrected chi connectivity index (χ0v) is 10.2. The van der Waals surface area contributed by atoms with Gasteiger partial charge < -0.3 is 5.11 Å². The molecule has 0 aliphatic heterocycles. The molecular weight excluding hydrogens is 220 g/mol. The van der Waals surface area contributed by atoms with Crippen molar-refractivity contribution in [3.05, 3.63) is 71.8 Å². The zero-order chi connectivity index (χ0) is 12.8. The van der Waals surface area contributed by atoms with Gasteiger partial charge in [0.05, 0.1) is 0 Å². The lowest BCUT2D eigenvalue weighted by molar-refractivity contribution is 0.102. The van der Waals surface area contributed by atoms with Crippen molar-refractivity contribution in [3.8, 4) is 12.3 Å². The van der Waals surface area contributed by atoms with E-state index in [0.717, 1.165) is 11.1 Å². The van der Waals surface area contributed by atoms with E-state index in [0.29, 0.717) is 12.8 Å². The van der Waals surface area contributed by atoms with Gasteiger partial charge in [-0.1, -0.05) is 66.6 Å². The molecule has 0 fully saturated rings. The van der Waals surface area contributed by atoms with Crippen LogP contribution in [0.4, 0.5) is 0 Å². The largest absolute Gasteiger partial charge is 0.377 e. The Balaban J connectivity index is 2.14. The molecular formula is C17H16O. The maximum Gasteiger partial charge on any atom is 0.133 e. The van der Waals surface area contributed by atoms with Gasteiger partial charge in [0.25, 0.3) is 0 Å². The molecule has 0 unspecified atom stereocenters. The predicted octanol–water partition coefficient (Wildman–Crippen LogP) is 2.84. The Hall–Kier alpha value is -2.04. The highest BCUT2D eigenvalue weighted by Gasteiger charge is 2.24. The summed E-state index contributed by atoms with van der Waals surface area (Å²) in [6.07, 6.45) is 6.45. The fraction of sp³-hybridized carbons (Fsp3) is 0.176. The van der Waals surface area contributed by atoms with Gasteiger partial charge in [-0.2, -0.15) is 0 Å². The van der Waals surface area contributed by atoms with E-state index in [-0.39, 0.29) is 0 Å². The van der Waals surface area contributed by atoms with Crippen LogP contribution in [-0.2, 0) is 12.8 Å². The number of terminal acetylenes is 1. The first-order valence-corrected chi connectivity index (χ1v) is 6.00. The van der Waals surface area contributed by atoms with Crippen molar-refractivity contribution in [2.24, 2.45) is 0 Å². The van der Waals surface area contributed by atoms with Crippen LogP contribution in [0.2, 0.25) is 0 Å². The molecule has 2 rings (SSSR count). The van der Waals surface area contributed by atoms with Gasteiger partial charge >= 0.3 is 0 Å². The summed E-state index contributed by atoms with van der Waals surface area (Å²) in [4.78, 5) is 0. The Labute approximate surface area is 108 Å². The van der Waals surface area contributed by atoms with Gasteiger partial charge in [0, 0.05) is 12.8 Å². The summed E-state index contributed by atoms with van der Waals surface area (Å²) in [5, 5.41) is 10.5. The fourth-order valence-electron chi connectivity index (χ4n) is 2.03. The molecule has 0 aliphatic carbocycles. The molecule has 18 heavy (non-hydrogen) atoms. The lowest BCUT2D eigenvalue weighted by Gasteiger charge is -2.22. The van der Waals surface area contributed by atoms with Crippen molar-refractivity contribution in [2.45, 2.75) is 18.4 Å². The maximum absolute atomic E-state index is 10.5. The summed E-state index contributed by atoms with van der Waals surface area (Å²) in [5.74, 6) is 2.53. The summed E-state index contributed by atoms with van der Waals surface area (Å²) >= 11 is 0. The minimum Gasteiger partial charge on any atom is -0.377 e. The Kier molecular flexibility index (Phi) is 3.82. The molecule has 0 aliphatic rings. The lowest BCUT2D eigenvalue weighted by atomic mass is 9.89. The quantitative estimate of drug-likeness (QED) is 0.809. The smallest absolute Gasteiger partial charge is 0.133 e. The fourth-order valence-corrected chi connectivity index (χ4v) is 2.03. The van der Waals surface area contributed by atoms with E-state index >= 15 is 0 Å². The Bertz CT molecular complexity index is 481. The number of aliphatic hydroxyl groups is 1. The van der Waals surface area contributed by atoms with Crippen LogP contribution in [0.15, 0.2) is 60.7 Å². The number of hydrogen-bond acceptors (Lipinski definition) is 1. The van der Waals surface area contributed by atoms with E-state index in [9.17, 15) is 5.11 Å². The average molecular weight is 236 g/mol. The van der Waals surface area contributed by atoms with Crippen molar-refractivity contribution in [1.29, 1.82) is 0 Å². The minimum atomic E-state index is -1.12. The van der Waals surface area contributed by atoms with E-state index < -0.39 is 5.60 Å². The molecule has 0 saturated carbocycles. The second-order valence-corrected chi connectivity index (χ2v) is 4.50. The molecule has 90 valence electrons. The highest BCUT2D eigenvalue weighted by Crippen LogP contribution is 2.18. The van der Waals surface area contributed by atoms with Crippen LogP contribution in [-0.4, -0.2) is 10.7 Å². The van der Waals surface area contributed by atoms with Crippen molar-refractivity contribution in [1.82, 2.24) is 0 Å². The summed E-state index contributed by atoms with van der Waals surface area (Å²) in [7, 11) is 0. The van der Waals surface area contributed by atoms with E-state index in [2.05, 4.69) is 5.92 Å². The molecule has 1 nitrogen and oxygen atoms in total. The van der Waals surface area contributed by atoms with Gasteiger partial charge in [-0.05, 0) is 11.1 Å². The molecule has 0 atom stereocenters. The molecule has 0 saturated heterocycles. The Morgan fingerprint density at radius 2 is 1.22 bits per heavy atom. The molecule has 0 amide bonds. The highest BCUT2D eigenvalue weighted by molar-refractivity contribution is 5.26. The average Bonchev–Trinajstić information content (AvgIpc) is 2.41. The normalized spacial score (nSPS) is 10.9. The van der Waals surface area contributed by atoms with Crippen molar-refractivity contribution >= 4 is 0 Å². The third-order valence-electron chi connectivity index (χ3n) is 2.95. The summed E-state index contributed by atoms with van der Waals surface area (Å²) in [6.45, 7) is 0. The molecule has 2 aromatic carbocycles. The van der Waals surface area contributed by atoms with Crippen LogP contribution in [0.25, 0.3) is 0 Å². The number of rotatable bonds is 4. The third-order valence-corrected chi connectivity index (χ3v) is 2.95. The van der Waals surface area contributed by atoms with Gasteiger partial charge in [0.2, 0.25) is 0 Å². The van der Waals surface area contributed by atoms with Crippen LogP contribution in [0, 0.1) is 12.3 Å². The summed E-state index contributed by atoms with van der Waals surface area (Å²) < 4.78 is 0. The SMILES string of the molecule is C#CC(O)(Cc1ccccc1)Cc1ccccc1. The van der Waals surface area contributed by atoms with E-state index in [1.165, 1.54) is 0 Å². The number of hydrogen-bond donors (Lipinski definition) is 1. The van der Waals surface area contributed by atoms with E-state index in [1.807, 2.05) is 60.7 Å². The minimum absolute atomic E-state index is 0.471. The van der Waals surface area contributed by atoms with Gasteiger partial charge in [0.1, 0.15) is 5.60 Å². The summed E-state index contributed by atoms with van der Waals surface area (Å²) in [6, 6.07) is 19.6. The lowest BCUT2D eigenvalue weighted by Crippen LogP contribution is -2.32. The second-order valence-electron chi connectivity index (χ2n) is 4.50. The first-order valence-electron chi connectivity index (χ1n) is 6.00. The van der Waals surface area contributed by atoms with Gasteiger partial charge in [0.15, 0.2) is 0 Å². The van der Waals surface area contributed by atoms with Crippen LogP contribution in [0.5, 0.6) is 0 Å². The Morgan fingerprint density at radius 3 is 1.56 bits per heavy atom. The topological polar surface area (TPSA) is 20.2 Å². The van der Waals surface area contributed by atoms with Gasteiger partial charge in [-0.15, -0.1) is 6.42 Å². The van der Waals surface area contributed by atoms with E-state index in [1.54, 1.807) is 0 Å². The molecule has 2 aromatic rings. The molecule has 0 heterocycles. The van der Waals surface area contributed by atoms with Gasteiger partial charge in [-0.3, -0.25) is 0 Å². The van der Waals surface area contributed by atoms with Crippen LogP contribution in [0.1, 0.15) is 11.1 Å². The highest BCUT2D eigenvalue weighted by atomic mass is 16.3. The number of benzene rings is 2. The molecule has 1 N–H and O–H groups in total. The molecule has 0 bridgehead atoms. The first kappa shape index (κ1) is 12.4. The van der Waals surface area contributed by atoms with E-state index in [4.69, 9.17) is 6.42 Å². The second kappa shape index (κ2) is 5.53. The van der Waals surface area contributed by atoms with Crippen LogP contribution in [0.3, 0.4) is 0 Å². The molecule has 0 aromatic heterocycles. The standard InChI is InChI=1S/C17H16O/c1-2-17(18,13-15-9-5-3-6-10-15)14-16-11-7-4-8-12-16/h1,3-12,18H,13-14H2. The third kappa shape index (κ3) is 3.23. The predicted molar refractivity (Wildman–Crippen MR) is 74.1 cm³/mol. The monoisotopic (exact) mass is 236 g/mol. The molecule has 0 spiro atoms. The van der Waals surface area contributed by atoms with Gasteiger partial charge in [-0.25, -0.2) is 0 Å². The van der Waals surface area contributed by atoms with Crippen molar-refractivity contribution < 1.29 is 5.11 Å². The van der Waals surface area contributed by atoms with Crippen LogP contribution < -0.4 is 0 Å². The van der Waals surface area contributed by atoms with Crippen LogP contribution >= 0.6 is 0 Å². The maximum atomic E-state index is 10.5.